The molecule has 0 aromatic carbocycles. The summed E-state index contributed by atoms with van der Waals surface area (Å²) in [5.74, 6) is -1.89. The molecular weight excluding hydrogens is 162 g/mol. The van der Waals surface area contributed by atoms with Crippen LogP contribution in [0.2, 0.25) is 0 Å². The van der Waals surface area contributed by atoms with Gasteiger partial charge in [0, 0.05) is 0 Å². The van der Waals surface area contributed by atoms with Crippen LogP contribution in [0.3, 0.4) is 0 Å². The van der Waals surface area contributed by atoms with Gasteiger partial charge in [-0.15, -0.1) is 0 Å². The SMILES string of the molecule is CCC(OC#N)(OC#N)OC#N. The summed E-state index contributed by atoms with van der Waals surface area (Å²) < 4.78 is 12.8. The summed E-state index contributed by atoms with van der Waals surface area (Å²) in [6.45, 7) is 1.53. The fourth-order valence-corrected chi connectivity index (χ4v) is 0.488. The maximum Gasteiger partial charge on any atom is 0.445 e. The Balaban J connectivity index is 4.45. The largest absolute Gasteiger partial charge is 0.445 e. The number of ether oxygens (including phenoxy) is 3. The highest BCUT2D eigenvalue weighted by molar-refractivity contribution is 4.70. The summed E-state index contributed by atoms with van der Waals surface area (Å²) in [6.07, 6.45) is 3.87. The molecule has 12 heavy (non-hydrogen) atoms. The fraction of sp³-hybridized carbons (Fsp3) is 0.500. The molecular formula is C6H5N3O3. The van der Waals surface area contributed by atoms with Crippen LogP contribution in [0.5, 0.6) is 0 Å². The zero-order chi connectivity index (χ0) is 9.45. The summed E-state index contributed by atoms with van der Waals surface area (Å²) in [7, 11) is 0. The van der Waals surface area contributed by atoms with E-state index in [9.17, 15) is 0 Å². The van der Waals surface area contributed by atoms with E-state index in [0.29, 0.717) is 0 Å². The van der Waals surface area contributed by atoms with Crippen molar-refractivity contribution in [3.63, 3.8) is 0 Å². The fourth-order valence-electron chi connectivity index (χ4n) is 0.488. The highest BCUT2D eigenvalue weighted by atomic mass is 16.9. The lowest BCUT2D eigenvalue weighted by molar-refractivity contribution is -0.303. The van der Waals surface area contributed by atoms with Gasteiger partial charge in [0.25, 0.3) is 18.8 Å². The summed E-state index contributed by atoms with van der Waals surface area (Å²) in [4.78, 5) is 0. The van der Waals surface area contributed by atoms with Crippen LogP contribution < -0.4 is 0 Å². The Morgan fingerprint density at radius 2 is 1.33 bits per heavy atom. The van der Waals surface area contributed by atoms with Gasteiger partial charge < -0.3 is 14.2 Å². The lowest BCUT2D eigenvalue weighted by atomic mass is 10.4. The first-order valence-corrected chi connectivity index (χ1v) is 2.96. The highest BCUT2D eigenvalue weighted by Crippen LogP contribution is 2.17. The van der Waals surface area contributed by atoms with Crippen molar-refractivity contribution >= 4 is 0 Å². The monoisotopic (exact) mass is 167 g/mol. The Kier molecular flexibility index (Phi) is 3.82. The van der Waals surface area contributed by atoms with Gasteiger partial charge in [0.2, 0.25) is 0 Å². The quantitative estimate of drug-likeness (QED) is 0.447. The van der Waals surface area contributed by atoms with Crippen LogP contribution in [-0.4, -0.2) is 5.97 Å². The minimum Gasteiger partial charge on any atom is -0.344 e. The van der Waals surface area contributed by atoms with E-state index in [-0.39, 0.29) is 6.42 Å². The van der Waals surface area contributed by atoms with E-state index in [1.807, 2.05) is 0 Å². The number of hydrogen-bond acceptors (Lipinski definition) is 6. The lowest BCUT2D eigenvalue weighted by Crippen LogP contribution is -2.34. The smallest absolute Gasteiger partial charge is 0.344 e. The molecule has 6 nitrogen and oxygen atoms in total. The summed E-state index contributed by atoms with van der Waals surface area (Å²) in [5, 5.41) is 24.4. The lowest BCUT2D eigenvalue weighted by Gasteiger charge is -2.20. The second-order valence-electron chi connectivity index (χ2n) is 1.62. The third-order valence-electron chi connectivity index (χ3n) is 1.04. The Morgan fingerprint density at radius 1 is 1.00 bits per heavy atom. The molecule has 0 spiro atoms. The molecule has 0 N–H and O–H groups in total. The van der Waals surface area contributed by atoms with Gasteiger partial charge in [0.1, 0.15) is 0 Å². The Bertz CT molecular complexity index is 216. The first kappa shape index (κ1) is 9.87. The highest BCUT2D eigenvalue weighted by Gasteiger charge is 2.36. The predicted octanol–water partition coefficient (Wildman–Crippen LogP) is 0.543. The van der Waals surface area contributed by atoms with Crippen LogP contribution in [-0.2, 0) is 14.2 Å². The molecule has 0 saturated carbocycles. The topological polar surface area (TPSA) is 99.1 Å². The van der Waals surface area contributed by atoms with Crippen LogP contribution in [0.4, 0.5) is 0 Å². The maximum atomic E-state index is 8.14. The van der Waals surface area contributed by atoms with Crippen molar-refractivity contribution in [3.05, 3.63) is 0 Å². The molecule has 6 heteroatoms. The maximum absolute atomic E-state index is 8.14. The van der Waals surface area contributed by atoms with Crippen molar-refractivity contribution in [2.24, 2.45) is 0 Å². The average Bonchev–Trinajstić information content (AvgIpc) is 2.06. The van der Waals surface area contributed by atoms with E-state index < -0.39 is 5.97 Å². The van der Waals surface area contributed by atoms with Crippen LogP contribution >= 0.6 is 0 Å². The Labute approximate surface area is 69.1 Å². The van der Waals surface area contributed by atoms with E-state index in [2.05, 4.69) is 14.2 Å². The molecule has 0 radical (unpaired) electrons. The van der Waals surface area contributed by atoms with E-state index >= 15 is 0 Å². The van der Waals surface area contributed by atoms with Gasteiger partial charge in [-0.05, 0) is 0 Å². The first-order valence-electron chi connectivity index (χ1n) is 2.96. The van der Waals surface area contributed by atoms with Crippen LogP contribution in [0.15, 0.2) is 0 Å². The third-order valence-corrected chi connectivity index (χ3v) is 1.04. The van der Waals surface area contributed by atoms with Crippen molar-refractivity contribution in [1.29, 1.82) is 15.8 Å². The van der Waals surface area contributed by atoms with Gasteiger partial charge >= 0.3 is 5.97 Å². The second kappa shape index (κ2) is 4.65. The molecule has 0 aromatic rings. The standard InChI is InChI=1S/C6H5N3O3/c1-2-6(10-3-7,11-4-8)12-5-9/h2H2,1H3. The van der Waals surface area contributed by atoms with Gasteiger partial charge in [-0.2, -0.15) is 15.8 Å². The second-order valence-corrected chi connectivity index (χ2v) is 1.62. The van der Waals surface area contributed by atoms with Gasteiger partial charge in [0.15, 0.2) is 0 Å². The van der Waals surface area contributed by atoms with E-state index in [4.69, 9.17) is 15.8 Å². The van der Waals surface area contributed by atoms with E-state index in [1.54, 1.807) is 0 Å². The molecule has 0 rings (SSSR count). The number of nitrogens with zero attached hydrogens (tertiary/aromatic N) is 3. The van der Waals surface area contributed by atoms with E-state index in [1.165, 1.54) is 25.7 Å². The molecule has 0 aliphatic heterocycles. The van der Waals surface area contributed by atoms with Crippen molar-refractivity contribution < 1.29 is 14.2 Å². The van der Waals surface area contributed by atoms with Gasteiger partial charge in [-0.3, -0.25) is 0 Å². The molecule has 0 atom stereocenters. The average molecular weight is 167 g/mol. The Hall–Kier alpha value is -2.13. The molecule has 0 bridgehead atoms. The minimum absolute atomic E-state index is 0.0433. The van der Waals surface area contributed by atoms with Crippen molar-refractivity contribution in [2.45, 2.75) is 19.3 Å². The summed E-state index contributed by atoms with van der Waals surface area (Å²) in [6, 6.07) is 0. The molecule has 0 saturated heterocycles. The first-order chi connectivity index (χ1) is 5.74. The van der Waals surface area contributed by atoms with Crippen molar-refractivity contribution in [2.75, 3.05) is 0 Å². The Morgan fingerprint density at radius 3 is 1.50 bits per heavy atom. The number of nitriles is 3. The molecule has 0 amide bonds. The predicted molar refractivity (Wildman–Crippen MR) is 33.1 cm³/mol. The zero-order valence-electron chi connectivity index (χ0n) is 6.27. The normalized spacial score (nSPS) is 8.50. The molecule has 0 aromatic heterocycles. The van der Waals surface area contributed by atoms with Gasteiger partial charge in [-0.1, -0.05) is 6.92 Å². The van der Waals surface area contributed by atoms with Crippen LogP contribution in [0, 0.1) is 34.6 Å². The van der Waals surface area contributed by atoms with Gasteiger partial charge in [-0.25, -0.2) is 0 Å². The molecule has 0 aliphatic carbocycles. The molecule has 0 fully saturated rings. The summed E-state index contributed by atoms with van der Waals surface area (Å²) in [5.41, 5.74) is 0. The number of rotatable bonds is 4. The molecule has 62 valence electrons. The van der Waals surface area contributed by atoms with Crippen molar-refractivity contribution in [1.82, 2.24) is 0 Å². The number of hydrogen-bond donors (Lipinski definition) is 0. The van der Waals surface area contributed by atoms with E-state index in [0.717, 1.165) is 0 Å². The van der Waals surface area contributed by atoms with Crippen LogP contribution in [0.25, 0.3) is 0 Å². The van der Waals surface area contributed by atoms with Crippen LogP contribution in [0.1, 0.15) is 13.3 Å². The molecule has 0 unspecified atom stereocenters. The summed E-state index contributed by atoms with van der Waals surface area (Å²) >= 11 is 0. The molecule has 0 heterocycles. The van der Waals surface area contributed by atoms with Gasteiger partial charge in [0.05, 0.1) is 6.42 Å². The molecule has 0 aliphatic rings. The van der Waals surface area contributed by atoms with Crippen molar-refractivity contribution in [3.8, 4) is 18.8 Å². The third kappa shape index (κ3) is 2.24. The minimum atomic E-state index is -1.89. The zero-order valence-corrected chi connectivity index (χ0v) is 6.27.